The van der Waals surface area contributed by atoms with E-state index in [2.05, 4.69) is 5.32 Å². The third kappa shape index (κ3) is 5.88. The molecular formula is C19H22N2O6. The Kier molecular flexibility index (Phi) is 6.99. The van der Waals surface area contributed by atoms with E-state index < -0.39 is 17.8 Å². The van der Waals surface area contributed by atoms with Gasteiger partial charge in [0.05, 0.1) is 12.2 Å². The molecule has 0 bridgehead atoms. The summed E-state index contributed by atoms with van der Waals surface area (Å²) in [6.07, 6.45) is 1.41. The number of furan rings is 1. The molecular weight excluding hydrogens is 352 g/mol. The molecule has 0 aliphatic rings. The number of aliphatic carboxylic acids is 1. The van der Waals surface area contributed by atoms with Crippen molar-refractivity contribution in [3.63, 3.8) is 0 Å². The van der Waals surface area contributed by atoms with Crippen LogP contribution >= 0.6 is 0 Å². The van der Waals surface area contributed by atoms with Crippen LogP contribution in [0.15, 0.2) is 47.1 Å². The molecule has 0 saturated carbocycles. The Balaban J connectivity index is 1.92. The fourth-order valence-corrected chi connectivity index (χ4v) is 2.32. The number of nitrogens with one attached hydrogen (secondary N) is 1. The molecule has 0 aliphatic heterocycles. The summed E-state index contributed by atoms with van der Waals surface area (Å²) >= 11 is 0. The number of nitrogens with zero attached hydrogens (tertiary/aromatic N) is 1. The minimum absolute atomic E-state index is 0.118. The lowest BCUT2D eigenvalue weighted by Gasteiger charge is -2.23. The molecule has 0 unspecified atom stereocenters. The van der Waals surface area contributed by atoms with E-state index >= 15 is 0 Å². The van der Waals surface area contributed by atoms with E-state index in [0.29, 0.717) is 18.0 Å². The number of benzene rings is 1. The first-order valence-corrected chi connectivity index (χ1v) is 8.49. The van der Waals surface area contributed by atoms with Gasteiger partial charge in [0.15, 0.2) is 12.4 Å². The molecule has 27 heavy (non-hydrogen) atoms. The van der Waals surface area contributed by atoms with Gasteiger partial charge in [0.25, 0.3) is 11.8 Å². The number of hydrogen-bond donors (Lipinski definition) is 2. The highest BCUT2D eigenvalue weighted by molar-refractivity contribution is 6.02. The standard InChI is InChI=1S/C19H22N2O6/c1-3-21(11-13(2)19(24)25)17(22)12-27-15-7-4-6-14(10-15)20-18(23)16-8-5-9-26-16/h4-10,13H,3,11-12H2,1-2H3,(H,20,23)(H,24,25)/t13-/m1/s1. The van der Waals surface area contributed by atoms with Crippen LogP contribution in [-0.2, 0) is 9.59 Å². The van der Waals surface area contributed by atoms with Gasteiger partial charge in [-0.3, -0.25) is 14.4 Å². The second-order valence-electron chi connectivity index (χ2n) is 5.92. The zero-order valence-electron chi connectivity index (χ0n) is 15.2. The molecule has 0 aliphatic carbocycles. The summed E-state index contributed by atoms with van der Waals surface area (Å²) in [7, 11) is 0. The highest BCUT2D eigenvalue weighted by Crippen LogP contribution is 2.18. The third-order valence-electron chi connectivity index (χ3n) is 3.85. The van der Waals surface area contributed by atoms with Gasteiger partial charge < -0.3 is 24.5 Å². The summed E-state index contributed by atoms with van der Waals surface area (Å²) in [6.45, 7) is 3.60. The Hall–Kier alpha value is -3.29. The monoisotopic (exact) mass is 374 g/mol. The number of carboxylic acids is 1. The van der Waals surface area contributed by atoms with Crippen molar-refractivity contribution in [2.75, 3.05) is 25.0 Å². The molecule has 8 heteroatoms. The van der Waals surface area contributed by atoms with Gasteiger partial charge in [-0.2, -0.15) is 0 Å². The molecule has 2 amide bonds. The molecule has 1 aromatic heterocycles. The molecule has 0 saturated heterocycles. The highest BCUT2D eigenvalue weighted by Gasteiger charge is 2.19. The third-order valence-corrected chi connectivity index (χ3v) is 3.85. The van der Waals surface area contributed by atoms with Crippen LogP contribution in [0.4, 0.5) is 5.69 Å². The first kappa shape index (κ1) is 20.0. The van der Waals surface area contributed by atoms with Crippen LogP contribution < -0.4 is 10.1 Å². The van der Waals surface area contributed by atoms with Gasteiger partial charge in [0, 0.05) is 24.8 Å². The average Bonchev–Trinajstić information content (AvgIpc) is 3.19. The number of carbonyl (C=O) groups is 3. The molecule has 0 spiro atoms. The van der Waals surface area contributed by atoms with Crippen molar-refractivity contribution < 1.29 is 28.6 Å². The van der Waals surface area contributed by atoms with Crippen molar-refractivity contribution >= 4 is 23.5 Å². The van der Waals surface area contributed by atoms with Gasteiger partial charge in [-0.25, -0.2) is 0 Å². The van der Waals surface area contributed by atoms with Crippen LogP contribution in [0.25, 0.3) is 0 Å². The molecule has 2 rings (SSSR count). The van der Waals surface area contributed by atoms with E-state index in [4.69, 9.17) is 14.3 Å². The number of amides is 2. The lowest BCUT2D eigenvalue weighted by Crippen LogP contribution is -2.39. The van der Waals surface area contributed by atoms with Gasteiger partial charge in [-0.05, 0) is 31.2 Å². The van der Waals surface area contributed by atoms with Crippen LogP contribution in [0, 0.1) is 5.92 Å². The maximum atomic E-state index is 12.2. The zero-order chi connectivity index (χ0) is 19.8. The first-order valence-electron chi connectivity index (χ1n) is 8.49. The molecule has 144 valence electrons. The summed E-state index contributed by atoms with van der Waals surface area (Å²) < 4.78 is 10.5. The molecule has 8 nitrogen and oxygen atoms in total. The fourth-order valence-electron chi connectivity index (χ4n) is 2.32. The Morgan fingerprint density at radius 1 is 1.26 bits per heavy atom. The maximum absolute atomic E-state index is 12.2. The number of ether oxygens (including phenoxy) is 1. The molecule has 0 fully saturated rings. The SMILES string of the molecule is CCN(C[C@@H](C)C(=O)O)C(=O)COc1cccc(NC(=O)c2ccco2)c1. The number of carbonyl (C=O) groups excluding carboxylic acids is 2. The molecule has 0 radical (unpaired) electrons. The summed E-state index contributed by atoms with van der Waals surface area (Å²) in [4.78, 5) is 36.6. The molecule has 1 heterocycles. The topological polar surface area (TPSA) is 109 Å². The van der Waals surface area contributed by atoms with Crippen molar-refractivity contribution in [2.45, 2.75) is 13.8 Å². The summed E-state index contributed by atoms with van der Waals surface area (Å²) in [5, 5.41) is 11.6. The second-order valence-corrected chi connectivity index (χ2v) is 5.92. The molecule has 1 aromatic carbocycles. The van der Waals surface area contributed by atoms with Crippen LogP contribution in [0.1, 0.15) is 24.4 Å². The average molecular weight is 374 g/mol. The minimum Gasteiger partial charge on any atom is -0.484 e. The van der Waals surface area contributed by atoms with Crippen molar-refractivity contribution in [3.8, 4) is 5.75 Å². The minimum atomic E-state index is -0.956. The Labute approximate surface area is 156 Å². The lowest BCUT2D eigenvalue weighted by molar-refractivity contribution is -0.143. The van der Waals surface area contributed by atoms with Gasteiger partial charge in [0.1, 0.15) is 5.75 Å². The number of hydrogen-bond acceptors (Lipinski definition) is 5. The Morgan fingerprint density at radius 2 is 2.04 bits per heavy atom. The summed E-state index contributed by atoms with van der Waals surface area (Å²) in [6, 6.07) is 9.77. The Bertz CT molecular complexity index is 787. The van der Waals surface area contributed by atoms with E-state index in [1.165, 1.54) is 11.2 Å². The van der Waals surface area contributed by atoms with Crippen molar-refractivity contribution in [2.24, 2.45) is 5.92 Å². The summed E-state index contributed by atoms with van der Waals surface area (Å²) in [5.74, 6) is -1.73. The quantitative estimate of drug-likeness (QED) is 0.698. The zero-order valence-corrected chi connectivity index (χ0v) is 15.2. The molecule has 2 N–H and O–H groups in total. The van der Waals surface area contributed by atoms with E-state index in [-0.39, 0.29) is 24.8 Å². The van der Waals surface area contributed by atoms with Gasteiger partial charge in [0.2, 0.25) is 0 Å². The lowest BCUT2D eigenvalue weighted by atomic mass is 10.1. The number of anilines is 1. The van der Waals surface area contributed by atoms with Crippen LogP contribution in [0.5, 0.6) is 5.75 Å². The van der Waals surface area contributed by atoms with E-state index in [9.17, 15) is 14.4 Å². The predicted molar refractivity (Wildman–Crippen MR) is 97.7 cm³/mol. The predicted octanol–water partition coefficient (Wildman–Crippen LogP) is 2.48. The van der Waals surface area contributed by atoms with E-state index in [0.717, 1.165) is 0 Å². The van der Waals surface area contributed by atoms with Crippen LogP contribution in [0.3, 0.4) is 0 Å². The fraction of sp³-hybridized carbons (Fsp3) is 0.316. The van der Waals surface area contributed by atoms with Crippen LogP contribution in [-0.4, -0.2) is 47.5 Å². The number of rotatable bonds is 9. The number of carboxylic acid groups (broad SMARTS) is 1. The van der Waals surface area contributed by atoms with Crippen LogP contribution in [0.2, 0.25) is 0 Å². The van der Waals surface area contributed by atoms with E-state index in [1.54, 1.807) is 50.2 Å². The largest absolute Gasteiger partial charge is 0.484 e. The highest BCUT2D eigenvalue weighted by atomic mass is 16.5. The maximum Gasteiger partial charge on any atom is 0.308 e. The summed E-state index contributed by atoms with van der Waals surface area (Å²) in [5.41, 5.74) is 0.494. The molecule has 2 aromatic rings. The van der Waals surface area contributed by atoms with Crippen molar-refractivity contribution in [1.29, 1.82) is 0 Å². The van der Waals surface area contributed by atoms with Crippen molar-refractivity contribution in [3.05, 3.63) is 48.4 Å². The van der Waals surface area contributed by atoms with Gasteiger partial charge >= 0.3 is 5.97 Å². The van der Waals surface area contributed by atoms with Gasteiger partial charge in [-0.15, -0.1) is 0 Å². The smallest absolute Gasteiger partial charge is 0.308 e. The van der Waals surface area contributed by atoms with E-state index in [1.807, 2.05) is 0 Å². The second kappa shape index (κ2) is 9.42. The van der Waals surface area contributed by atoms with Crippen molar-refractivity contribution in [1.82, 2.24) is 4.90 Å². The Morgan fingerprint density at radius 3 is 2.67 bits per heavy atom. The first-order chi connectivity index (χ1) is 12.9. The normalized spacial score (nSPS) is 11.5. The molecule has 1 atom stereocenters. The number of likely N-dealkylation sites (N-methyl/N-ethyl adjacent to an activating group) is 1. The van der Waals surface area contributed by atoms with Gasteiger partial charge in [-0.1, -0.05) is 13.0 Å².